The summed E-state index contributed by atoms with van der Waals surface area (Å²) in [5.74, 6) is 0. The van der Waals surface area contributed by atoms with Gasteiger partial charge in [0.05, 0.1) is 0 Å². The van der Waals surface area contributed by atoms with Gasteiger partial charge in [-0.15, -0.1) is 0 Å². The van der Waals surface area contributed by atoms with E-state index in [0.717, 1.165) is 0 Å². The zero-order valence-electron chi connectivity index (χ0n) is 19.9. The van der Waals surface area contributed by atoms with E-state index in [9.17, 15) is 0 Å². The monoisotopic (exact) mass is 398 g/mol. The van der Waals surface area contributed by atoms with Gasteiger partial charge in [-0.1, -0.05) is 75.2 Å². The molecule has 30 heavy (non-hydrogen) atoms. The molecule has 0 fully saturated rings. The fraction of sp³-hybridized carbons (Fsp3) is 0.400. The van der Waals surface area contributed by atoms with Crippen LogP contribution in [0.4, 0.5) is 0 Å². The van der Waals surface area contributed by atoms with Gasteiger partial charge in [-0.2, -0.15) is 0 Å². The van der Waals surface area contributed by atoms with Crippen LogP contribution in [-0.4, -0.2) is 0 Å². The molecule has 0 nitrogen and oxygen atoms in total. The van der Waals surface area contributed by atoms with E-state index in [1.807, 2.05) is 0 Å². The molecule has 0 aliphatic carbocycles. The Morgan fingerprint density at radius 3 is 1.17 bits per heavy atom. The lowest BCUT2D eigenvalue weighted by Gasteiger charge is -2.21. The van der Waals surface area contributed by atoms with Crippen molar-refractivity contribution in [1.82, 2.24) is 0 Å². The lowest BCUT2D eigenvalue weighted by Crippen LogP contribution is -2.00. The Labute approximate surface area is 184 Å². The molecule has 0 heteroatoms. The molecule has 0 N–H and O–H groups in total. The molecular formula is C30H38. The van der Waals surface area contributed by atoms with Crippen molar-refractivity contribution in [2.24, 2.45) is 0 Å². The maximum Gasteiger partial charge on any atom is -0.0116 e. The predicted molar refractivity (Wildman–Crippen MR) is 133 cm³/mol. The largest absolute Gasteiger partial charge is 0.0654 e. The highest BCUT2D eigenvalue weighted by Crippen LogP contribution is 2.39. The SMILES string of the molecule is CCCCc1ccc(-c2c(C)c(C)c(C)c(-c3ccc(CCCC)cc3)c2C)cc1. The number of hydrogen-bond acceptors (Lipinski definition) is 0. The third-order valence-corrected chi connectivity index (χ3v) is 6.75. The molecule has 3 aromatic carbocycles. The molecule has 0 radical (unpaired) electrons. The normalized spacial score (nSPS) is 11.1. The zero-order chi connectivity index (χ0) is 21.7. The van der Waals surface area contributed by atoms with Crippen molar-refractivity contribution in [1.29, 1.82) is 0 Å². The molecule has 0 spiro atoms. The van der Waals surface area contributed by atoms with Crippen LogP contribution >= 0.6 is 0 Å². The lowest BCUT2D eigenvalue weighted by atomic mass is 9.83. The molecule has 3 rings (SSSR count). The van der Waals surface area contributed by atoms with Crippen LogP contribution in [0.25, 0.3) is 22.3 Å². The van der Waals surface area contributed by atoms with E-state index < -0.39 is 0 Å². The van der Waals surface area contributed by atoms with E-state index in [-0.39, 0.29) is 0 Å². The first-order chi connectivity index (χ1) is 14.5. The molecule has 0 unspecified atom stereocenters. The van der Waals surface area contributed by atoms with Gasteiger partial charge in [-0.05, 0) is 109 Å². The van der Waals surface area contributed by atoms with Gasteiger partial charge >= 0.3 is 0 Å². The quantitative estimate of drug-likeness (QED) is 0.355. The molecular weight excluding hydrogens is 360 g/mol. The van der Waals surface area contributed by atoms with Crippen LogP contribution in [0.5, 0.6) is 0 Å². The second kappa shape index (κ2) is 10.1. The maximum absolute atomic E-state index is 2.33. The minimum absolute atomic E-state index is 1.18. The van der Waals surface area contributed by atoms with Gasteiger partial charge < -0.3 is 0 Å². The molecule has 0 bridgehead atoms. The van der Waals surface area contributed by atoms with Crippen LogP contribution in [-0.2, 0) is 12.8 Å². The first-order valence-electron chi connectivity index (χ1n) is 11.8. The standard InChI is InChI=1S/C30H38/c1-7-9-11-25-13-17-27(18-14-25)29-22(4)21(3)23(5)30(24(29)6)28-19-15-26(16-20-28)12-10-8-2/h13-20H,7-12H2,1-6H3. The predicted octanol–water partition coefficient (Wildman–Crippen LogP) is 8.94. The van der Waals surface area contributed by atoms with E-state index in [1.54, 1.807) is 0 Å². The molecule has 0 aliphatic heterocycles. The fourth-order valence-electron chi connectivity index (χ4n) is 4.65. The average molecular weight is 399 g/mol. The minimum Gasteiger partial charge on any atom is -0.0654 e. The second-order valence-electron chi connectivity index (χ2n) is 8.85. The van der Waals surface area contributed by atoms with E-state index >= 15 is 0 Å². The van der Waals surface area contributed by atoms with Gasteiger partial charge in [0, 0.05) is 0 Å². The Hall–Kier alpha value is -2.34. The third-order valence-electron chi connectivity index (χ3n) is 6.75. The van der Waals surface area contributed by atoms with Gasteiger partial charge in [0.15, 0.2) is 0 Å². The van der Waals surface area contributed by atoms with Crippen molar-refractivity contribution in [3.8, 4) is 22.3 Å². The maximum atomic E-state index is 2.33. The third kappa shape index (κ3) is 4.69. The summed E-state index contributed by atoms with van der Waals surface area (Å²) < 4.78 is 0. The van der Waals surface area contributed by atoms with E-state index in [1.165, 1.54) is 94.2 Å². The zero-order valence-corrected chi connectivity index (χ0v) is 19.9. The van der Waals surface area contributed by atoms with Crippen molar-refractivity contribution in [2.75, 3.05) is 0 Å². The van der Waals surface area contributed by atoms with Crippen molar-refractivity contribution >= 4 is 0 Å². The van der Waals surface area contributed by atoms with Crippen LogP contribution < -0.4 is 0 Å². The molecule has 0 saturated heterocycles. The van der Waals surface area contributed by atoms with Crippen LogP contribution in [0.15, 0.2) is 48.5 Å². The van der Waals surface area contributed by atoms with Crippen molar-refractivity contribution in [3.05, 3.63) is 81.9 Å². The smallest absolute Gasteiger partial charge is 0.0116 e. The average Bonchev–Trinajstić information content (AvgIpc) is 2.76. The first-order valence-corrected chi connectivity index (χ1v) is 11.8. The van der Waals surface area contributed by atoms with E-state index in [2.05, 4.69) is 90.1 Å². The summed E-state index contributed by atoms with van der Waals surface area (Å²) in [4.78, 5) is 0. The Balaban J connectivity index is 2.05. The molecule has 0 atom stereocenters. The van der Waals surface area contributed by atoms with Crippen LogP contribution in [0, 0.1) is 27.7 Å². The summed E-state index contributed by atoms with van der Waals surface area (Å²) in [6.45, 7) is 13.7. The molecule has 0 aromatic heterocycles. The topological polar surface area (TPSA) is 0 Å². The highest BCUT2D eigenvalue weighted by molar-refractivity contribution is 5.84. The molecule has 0 amide bonds. The molecule has 0 heterocycles. The summed E-state index contributed by atoms with van der Waals surface area (Å²) in [6.07, 6.45) is 7.38. The fourth-order valence-corrected chi connectivity index (χ4v) is 4.65. The number of aryl methyl sites for hydroxylation is 2. The summed E-state index contributed by atoms with van der Waals surface area (Å²) >= 11 is 0. The van der Waals surface area contributed by atoms with Gasteiger partial charge in [-0.25, -0.2) is 0 Å². The van der Waals surface area contributed by atoms with Gasteiger partial charge in [0.25, 0.3) is 0 Å². The number of rotatable bonds is 8. The van der Waals surface area contributed by atoms with Crippen molar-refractivity contribution < 1.29 is 0 Å². The lowest BCUT2D eigenvalue weighted by molar-refractivity contribution is 0.795. The number of benzene rings is 3. The van der Waals surface area contributed by atoms with E-state index in [0.29, 0.717) is 0 Å². The van der Waals surface area contributed by atoms with Gasteiger partial charge in [-0.3, -0.25) is 0 Å². The Morgan fingerprint density at radius 1 is 0.467 bits per heavy atom. The van der Waals surface area contributed by atoms with Crippen molar-refractivity contribution in [3.63, 3.8) is 0 Å². The number of unbranched alkanes of at least 4 members (excludes halogenated alkanes) is 2. The minimum atomic E-state index is 1.18. The molecule has 0 saturated carbocycles. The highest BCUT2D eigenvalue weighted by atomic mass is 14.2. The first kappa shape index (κ1) is 22.3. The summed E-state index contributed by atoms with van der Waals surface area (Å²) in [5, 5.41) is 0. The summed E-state index contributed by atoms with van der Waals surface area (Å²) in [5.41, 5.74) is 14.0. The van der Waals surface area contributed by atoms with Gasteiger partial charge in [0.1, 0.15) is 0 Å². The Bertz CT molecular complexity index is 894. The highest BCUT2D eigenvalue weighted by Gasteiger charge is 2.17. The summed E-state index contributed by atoms with van der Waals surface area (Å²) in [7, 11) is 0. The van der Waals surface area contributed by atoms with Crippen LogP contribution in [0.1, 0.15) is 72.9 Å². The second-order valence-corrected chi connectivity index (χ2v) is 8.85. The summed E-state index contributed by atoms with van der Waals surface area (Å²) in [6, 6.07) is 18.6. The van der Waals surface area contributed by atoms with Crippen molar-refractivity contribution in [2.45, 2.75) is 80.1 Å². The number of hydrogen-bond donors (Lipinski definition) is 0. The van der Waals surface area contributed by atoms with Crippen LogP contribution in [0.2, 0.25) is 0 Å². The Morgan fingerprint density at radius 2 is 0.833 bits per heavy atom. The molecule has 0 aliphatic rings. The molecule has 3 aromatic rings. The van der Waals surface area contributed by atoms with E-state index in [4.69, 9.17) is 0 Å². The molecule has 158 valence electrons. The van der Waals surface area contributed by atoms with Gasteiger partial charge in [0.2, 0.25) is 0 Å². The van der Waals surface area contributed by atoms with Crippen LogP contribution in [0.3, 0.4) is 0 Å². The Kier molecular flexibility index (Phi) is 7.53.